The molecule has 0 aromatic carbocycles. The highest BCUT2D eigenvalue weighted by Gasteiger charge is 2.25. The molecule has 0 bridgehead atoms. The van der Waals surface area contributed by atoms with Crippen LogP contribution in [0.3, 0.4) is 0 Å². The van der Waals surface area contributed by atoms with Crippen LogP contribution in [0.1, 0.15) is 52.7 Å². The van der Waals surface area contributed by atoms with Crippen molar-refractivity contribution in [1.82, 2.24) is 0 Å². The van der Waals surface area contributed by atoms with Gasteiger partial charge in [0.15, 0.2) is 5.78 Å². The maximum Gasteiger partial charge on any atom is 0.169 e. The van der Waals surface area contributed by atoms with E-state index in [-0.39, 0.29) is 5.78 Å². The third-order valence-electron chi connectivity index (χ3n) is 4.07. The fraction of sp³-hybridized carbons (Fsp3) is 0.471. The van der Waals surface area contributed by atoms with E-state index in [9.17, 15) is 4.79 Å². The lowest BCUT2D eigenvalue weighted by Gasteiger charge is -2.24. The number of ketones is 1. The van der Waals surface area contributed by atoms with Gasteiger partial charge in [0.25, 0.3) is 0 Å². The maximum atomic E-state index is 11.6. The van der Waals surface area contributed by atoms with Gasteiger partial charge in [-0.1, -0.05) is 0 Å². The monoisotopic (exact) mass is 303 g/mol. The molecule has 2 aliphatic rings. The number of carbonyl (C=O) groups is 1. The van der Waals surface area contributed by atoms with Gasteiger partial charge in [0, 0.05) is 11.3 Å². The fourth-order valence-corrected chi connectivity index (χ4v) is 4.17. The lowest BCUT2D eigenvalue weighted by atomic mass is 9.85. The van der Waals surface area contributed by atoms with E-state index in [1.54, 1.807) is 18.3 Å². The maximum absolute atomic E-state index is 11.6. The number of fused-ring (bicyclic) bond motifs is 2. The summed E-state index contributed by atoms with van der Waals surface area (Å²) in [5, 5.41) is 0. The van der Waals surface area contributed by atoms with Crippen LogP contribution in [0.25, 0.3) is 5.57 Å². The predicted molar refractivity (Wildman–Crippen MR) is 86.5 cm³/mol. The molecule has 0 atom stereocenters. The van der Waals surface area contributed by atoms with Crippen molar-refractivity contribution in [3.05, 3.63) is 38.8 Å². The average Bonchev–Trinajstić information content (AvgIpc) is 2.92. The van der Waals surface area contributed by atoms with Crippen LogP contribution < -0.4 is 5.73 Å². The number of ether oxygens (including phenoxy) is 1. The molecule has 1 aromatic heterocycles. The van der Waals surface area contributed by atoms with E-state index in [0.717, 1.165) is 42.7 Å². The van der Waals surface area contributed by atoms with E-state index in [0.29, 0.717) is 13.2 Å². The van der Waals surface area contributed by atoms with E-state index in [4.69, 9.17) is 10.5 Å². The van der Waals surface area contributed by atoms with Crippen LogP contribution in [0.15, 0.2) is 23.5 Å². The van der Waals surface area contributed by atoms with E-state index >= 15 is 0 Å². The number of nitrogens with two attached hydrogens (primary N) is 1. The lowest BCUT2D eigenvalue weighted by molar-refractivity contribution is 0.102. The third-order valence-corrected chi connectivity index (χ3v) is 5.41. The number of Topliss-reactive ketones (excluding diaryl/α,β-unsaturated/α-hetero) is 1. The number of thiophene rings is 1. The Morgan fingerprint density at radius 1 is 1.33 bits per heavy atom. The summed E-state index contributed by atoms with van der Waals surface area (Å²) in [6.45, 7) is 3.04. The minimum atomic E-state index is 0.175. The molecule has 3 rings (SSSR count). The summed E-state index contributed by atoms with van der Waals surface area (Å²) < 4.78 is 5.80. The van der Waals surface area contributed by atoms with Crippen molar-refractivity contribution in [2.24, 2.45) is 5.73 Å². The number of hydrogen-bond acceptors (Lipinski definition) is 4. The number of carbonyl (C=O) groups excluding carboxylic acids is 1. The van der Waals surface area contributed by atoms with Crippen molar-refractivity contribution < 1.29 is 9.53 Å². The Kier molecular flexibility index (Phi) is 4.27. The summed E-state index contributed by atoms with van der Waals surface area (Å²) >= 11 is 1.66. The first-order chi connectivity index (χ1) is 10.2. The average molecular weight is 303 g/mol. The minimum absolute atomic E-state index is 0.175. The third kappa shape index (κ3) is 2.97. The molecule has 112 valence electrons. The van der Waals surface area contributed by atoms with Gasteiger partial charge in [-0.3, -0.25) is 4.79 Å². The zero-order valence-corrected chi connectivity index (χ0v) is 13.2. The molecule has 0 spiro atoms. The Morgan fingerprint density at radius 2 is 2.19 bits per heavy atom. The SMILES string of the molecule is CC(=O)c1cc2c(s1)C1=C(C=C(OCCCN)CC1)CC2. The molecule has 4 heteroatoms. The number of aryl methyl sites for hydroxylation is 1. The molecule has 0 amide bonds. The second kappa shape index (κ2) is 6.16. The summed E-state index contributed by atoms with van der Waals surface area (Å²) in [6, 6.07) is 2.09. The molecular weight excluding hydrogens is 282 g/mol. The van der Waals surface area contributed by atoms with E-state index in [1.807, 2.05) is 0 Å². The Bertz CT molecular complexity index is 625. The van der Waals surface area contributed by atoms with Crippen LogP contribution in [0.4, 0.5) is 0 Å². The Hall–Kier alpha value is -1.39. The summed E-state index contributed by atoms with van der Waals surface area (Å²) in [4.78, 5) is 13.8. The van der Waals surface area contributed by atoms with Crippen LogP contribution in [0, 0.1) is 0 Å². The zero-order valence-electron chi connectivity index (χ0n) is 12.4. The zero-order chi connectivity index (χ0) is 14.8. The van der Waals surface area contributed by atoms with Crippen LogP contribution in [-0.2, 0) is 11.2 Å². The second-order valence-corrected chi connectivity index (χ2v) is 6.68. The van der Waals surface area contributed by atoms with E-state index in [2.05, 4.69) is 12.1 Å². The fourth-order valence-electron chi connectivity index (χ4n) is 2.96. The molecule has 0 saturated heterocycles. The topological polar surface area (TPSA) is 52.3 Å². The molecule has 0 unspecified atom stereocenters. The normalized spacial score (nSPS) is 17.1. The van der Waals surface area contributed by atoms with E-state index < -0.39 is 0 Å². The van der Waals surface area contributed by atoms with Crippen molar-refractivity contribution >= 4 is 22.7 Å². The Balaban J connectivity index is 1.84. The van der Waals surface area contributed by atoms with Gasteiger partial charge < -0.3 is 10.5 Å². The van der Waals surface area contributed by atoms with Gasteiger partial charge in [0.05, 0.1) is 17.2 Å². The standard InChI is InChI=1S/C17H21NO2S/c1-11(19)16-10-13-4-3-12-9-14(20-8-2-7-18)5-6-15(12)17(13)21-16/h9-10H,2-8,18H2,1H3. The van der Waals surface area contributed by atoms with Gasteiger partial charge >= 0.3 is 0 Å². The smallest absolute Gasteiger partial charge is 0.169 e. The van der Waals surface area contributed by atoms with Crippen molar-refractivity contribution in [2.75, 3.05) is 13.2 Å². The quantitative estimate of drug-likeness (QED) is 0.666. The molecule has 2 aliphatic carbocycles. The molecule has 3 nitrogen and oxygen atoms in total. The first-order valence-electron chi connectivity index (χ1n) is 7.58. The Morgan fingerprint density at radius 3 is 2.95 bits per heavy atom. The molecule has 1 heterocycles. The summed E-state index contributed by atoms with van der Waals surface area (Å²) in [6.07, 6.45) is 7.18. The van der Waals surface area contributed by atoms with Gasteiger partial charge in [-0.25, -0.2) is 0 Å². The number of rotatable bonds is 5. The van der Waals surface area contributed by atoms with Gasteiger partial charge in [-0.15, -0.1) is 11.3 Å². The minimum Gasteiger partial charge on any atom is -0.498 e. The van der Waals surface area contributed by atoms with Gasteiger partial charge in [0.1, 0.15) is 0 Å². The highest BCUT2D eigenvalue weighted by molar-refractivity contribution is 7.15. The number of hydrogen-bond donors (Lipinski definition) is 1. The van der Waals surface area contributed by atoms with E-state index in [1.165, 1.54) is 21.6 Å². The lowest BCUT2D eigenvalue weighted by Crippen LogP contribution is -2.09. The van der Waals surface area contributed by atoms with Gasteiger partial charge in [-0.2, -0.15) is 0 Å². The molecule has 0 radical (unpaired) electrons. The first kappa shape index (κ1) is 14.5. The second-order valence-electron chi connectivity index (χ2n) is 5.63. The molecule has 0 aliphatic heterocycles. The van der Waals surface area contributed by atoms with Crippen molar-refractivity contribution in [2.45, 2.75) is 39.0 Å². The molecule has 0 saturated carbocycles. The van der Waals surface area contributed by atoms with Crippen molar-refractivity contribution in [3.63, 3.8) is 0 Å². The predicted octanol–water partition coefficient (Wildman–Crippen LogP) is 3.69. The van der Waals surface area contributed by atoms with Crippen molar-refractivity contribution in [1.29, 1.82) is 0 Å². The highest BCUT2D eigenvalue weighted by Crippen LogP contribution is 2.43. The largest absolute Gasteiger partial charge is 0.498 e. The van der Waals surface area contributed by atoms with Crippen LogP contribution in [0.5, 0.6) is 0 Å². The molecule has 1 aromatic rings. The Labute approximate surface area is 129 Å². The first-order valence-corrected chi connectivity index (χ1v) is 8.40. The van der Waals surface area contributed by atoms with Gasteiger partial charge in [-0.05, 0) is 68.0 Å². The molecular formula is C17H21NO2S. The van der Waals surface area contributed by atoms with Gasteiger partial charge in [0.2, 0.25) is 0 Å². The van der Waals surface area contributed by atoms with Crippen LogP contribution in [0.2, 0.25) is 0 Å². The summed E-state index contributed by atoms with van der Waals surface area (Å²) in [5.74, 6) is 1.27. The summed E-state index contributed by atoms with van der Waals surface area (Å²) in [5.41, 5.74) is 9.67. The van der Waals surface area contributed by atoms with Crippen LogP contribution >= 0.6 is 11.3 Å². The number of allylic oxidation sites excluding steroid dienone is 4. The molecule has 0 fully saturated rings. The molecule has 2 N–H and O–H groups in total. The highest BCUT2D eigenvalue weighted by atomic mass is 32.1. The molecule has 21 heavy (non-hydrogen) atoms. The summed E-state index contributed by atoms with van der Waals surface area (Å²) in [7, 11) is 0. The van der Waals surface area contributed by atoms with Crippen LogP contribution in [-0.4, -0.2) is 18.9 Å². The van der Waals surface area contributed by atoms with Crippen molar-refractivity contribution in [3.8, 4) is 0 Å².